The van der Waals surface area contributed by atoms with Crippen LogP contribution in [0, 0.1) is 0 Å². The molecule has 0 unspecified atom stereocenters. The topological polar surface area (TPSA) is 75.6 Å². The number of carbonyl (C=O) groups excluding carboxylic acids is 1. The van der Waals surface area contributed by atoms with Gasteiger partial charge in [-0.3, -0.25) is 4.79 Å². The van der Waals surface area contributed by atoms with Gasteiger partial charge in [0.2, 0.25) is 5.91 Å². The molecule has 5 nitrogen and oxygen atoms in total. The fourth-order valence-corrected chi connectivity index (χ4v) is 2.40. The number of hydrogen-bond acceptors (Lipinski definition) is 4. The molecule has 0 saturated carbocycles. The number of ether oxygens (including phenoxy) is 1. The lowest BCUT2D eigenvalue weighted by Gasteiger charge is -2.04. The van der Waals surface area contributed by atoms with Crippen molar-refractivity contribution in [2.45, 2.75) is 0 Å². The maximum absolute atomic E-state index is 11.8. The monoisotopic (exact) mass is 303 g/mol. The van der Waals surface area contributed by atoms with Gasteiger partial charge in [-0.05, 0) is 23.6 Å². The van der Waals surface area contributed by atoms with Gasteiger partial charge in [0.15, 0.2) is 0 Å². The molecule has 0 radical (unpaired) electrons. The van der Waals surface area contributed by atoms with E-state index in [0.717, 1.165) is 16.9 Å². The number of carbonyl (C=O) groups is 2. The van der Waals surface area contributed by atoms with E-state index in [2.05, 4.69) is 5.32 Å². The summed E-state index contributed by atoms with van der Waals surface area (Å²) in [5.74, 6) is -0.806. The number of thiophene rings is 1. The van der Waals surface area contributed by atoms with E-state index in [-0.39, 0.29) is 4.88 Å². The average Bonchev–Trinajstić information content (AvgIpc) is 2.93. The third kappa shape index (κ3) is 3.70. The maximum Gasteiger partial charge on any atom is 0.348 e. The second-order valence-corrected chi connectivity index (χ2v) is 4.95. The van der Waals surface area contributed by atoms with Crippen LogP contribution >= 0.6 is 11.3 Å². The van der Waals surface area contributed by atoms with Gasteiger partial charge >= 0.3 is 5.97 Å². The Morgan fingerprint density at radius 1 is 1.29 bits per heavy atom. The van der Waals surface area contributed by atoms with Crippen molar-refractivity contribution in [1.82, 2.24) is 0 Å². The highest BCUT2D eigenvalue weighted by molar-refractivity contribution is 7.12. The third-order valence-corrected chi connectivity index (χ3v) is 3.57. The molecular weight excluding hydrogens is 290 g/mol. The fraction of sp³-hybridized carbons (Fsp3) is 0.0667. The number of carboxylic acid groups (broad SMARTS) is 1. The first kappa shape index (κ1) is 14.8. The smallest absolute Gasteiger partial charge is 0.348 e. The van der Waals surface area contributed by atoms with Crippen LogP contribution in [0.2, 0.25) is 0 Å². The molecule has 0 bridgehead atoms. The first-order valence-electron chi connectivity index (χ1n) is 6.04. The number of benzene rings is 1. The van der Waals surface area contributed by atoms with Gasteiger partial charge in [0, 0.05) is 11.6 Å². The molecule has 0 aliphatic carbocycles. The van der Waals surface area contributed by atoms with E-state index in [4.69, 9.17) is 9.84 Å². The van der Waals surface area contributed by atoms with Crippen LogP contribution in [-0.2, 0) is 4.79 Å². The van der Waals surface area contributed by atoms with Gasteiger partial charge in [0.1, 0.15) is 10.6 Å². The van der Waals surface area contributed by atoms with E-state index in [1.54, 1.807) is 30.7 Å². The third-order valence-electron chi connectivity index (χ3n) is 2.67. The van der Waals surface area contributed by atoms with Crippen molar-refractivity contribution in [3.8, 4) is 5.75 Å². The predicted molar refractivity (Wildman–Crippen MR) is 81.9 cm³/mol. The van der Waals surface area contributed by atoms with E-state index in [9.17, 15) is 9.59 Å². The number of rotatable bonds is 5. The van der Waals surface area contributed by atoms with E-state index >= 15 is 0 Å². The van der Waals surface area contributed by atoms with Crippen molar-refractivity contribution >= 4 is 35.0 Å². The molecule has 0 aliphatic heterocycles. The van der Waals surface area contributed by atoms with Gasteiger partial charge < -0.3 is 15.2 Å². The molecule has 1 aromatic carbocycles. The Morgan fingerprint density at radius 3 is 2.76 bits per heavy atom. The molecule has 0 aliphatic rings. The molecule has 2 aromatic rings. The molecule has 1 amide bonds. The summed E-state index contributed by atoms with van der Waals surface area (Å²) < 4.78 is 5.18. The molecule has 0 saturated heterocycles. The SMILES string of the molecule is COc1ccccc1/C=C/C(=O)Nc1ccsc1C(=O)O. The maximum atomic E-state index is 11.8. The van der Waals surface area contributed by atoms with Crippen LogP contribution in [0.1, 0.15) is 15.2 Å². The second-order valence-electron chi connectivity index (χ2n) is 4.03. The Kier molecular flexibility index (Phi) is 4.73. The number of hydrogen-bond donors (Lipinski definition) is 2. The Balaban J connectivity index is 2.09. The van der Waals surface area contributed by atoms with Crippen LogP contribution in [0.25, 0.3) is 6.08 Å². The van der Waals surface area contributed by atoms with Gasteiger partial charge in [-0.2, -0.15) is 0 Å². The van der Waals surface area contributed by atoms with Crippen molar-refractivity contribution in [1.29, 1.82) is 0 Å². The molecule has 108 valence electrons. The van der Waals surface area contributed by atoms with Crippen molar-refractivity contribution in [2.24, 2.45) is 0 Å². The van der Waals surface area contributed by atoms with Crippen LogP contribution < -0.4 is 10.1 Å². The van der Waals surface area contributed by atoms with Gasteiger partial charge in [0.25, 0.3) is 0 Å². The fourth-order valence-electron chi connectivity index (χ4n) is 1.72. The molecule has 0 atom stereocenters. The highest BCUT2D eigenvalue weighted by atomic mass is 32.1. The molecule has 21 heavy (non-hydrogen) atoms. The number of nitrogens with one attached hydrogen (secondary N) is 1. The molecule has 1 heterocycles. The number of aromatic carboxylic acids is 1. The molecular formula is C15H13NO4S. The Labute approximate surface area is 125 Å². The first-order valence-corrected chi connectivity index (χ1v) is 6.92. The summed E-state index contributed by atoms with van der Waals surface area (Å²) in [6.07, 6.45) is 2.95. The average molecular weight is 303 g/mol. The van der Waals surface area contributed by atoms with Crippen molar-refractivity contribution in [2.75, 3.05) is 12.4 Å². The minimum atomic E-state index is -1.06. The van der Waals surface area contributed by atoms with Crippen molar-refractivity contribution in [3.05, 3.63) is 52.2 Å². The van der Waals surface area contributed by atoms with Gasteiger partial charge in [-0.15, -0.1) is 11.3 Å². The minimum Gasteiger partial charge on any atom is -0.496 e. The lowest BCUT2D eigenvalue weighted by atomic mass is 10.2. The number of amides is 1. The van der Waals surface area contributed by atoms with E-state index < -0.39 is 11.9 Å². The number of carboxylic acids is 1. The van der Waals surface area contributed by atoms with Crippen molar-refractivity contribution < 1.29 is 19.4 Å². The first-order chi connectivity index (χ1) is 10.1. The Morgan fingerprint density at radius 2 is 2.05 bits per heavy atom. The summed E-state index contributed by atoms with van der Waals surface area (Å²) >= 11 is 1.06. The Bertz CT molecular complexity index is 690. The number of methoxy groups -OCH3 is 1. The van der Waals surface area contributed by atoms with Gasteiger partial charge in [0.05, 0.1) is 12.8 Å². The van der Waals surface area contributed by atoms with Crippen LogP contribution in [0.4, 0.5) is 5.69 Å². The molecule has 0 spiro atoms. The molecule has 1 aromatic heterocycles. The minimum absolute atomic E-state index is 0.106. The summed E-state index contributed by atoms with van der Waals surface area (Å²) in [5.41, 5.74) is 1.06. The van der Waals surface area contributed by atoms with Crippen LogP contribution in [0.15, 0.2) is 41.8 Å². The largest absolute Gasteiger partial charge is 0.496 e. The lowest BCUT2D eigenvalue weighted by Crippen LogP contribution is -2.10. The lowest BCUT2D eigenvalue weighted by molar-refractivity contribution is -0.111. The van der Waals surface area contributed by atoms with E-state index in [1.165, 1.54) is 6.08 Å². The van der Waals surface area contributed by atoms with Crippen LogP contribution in [0.5, 0.6) is 5.75 Å². The Hall–Kier alpha value is -2.60. The predicted octanol–water partition coefficient (Wildman–Crippen LogP) is 3.11. The molecule has 6 heteroatoms. The summed E-state index contributed by atoms with van der Waals surface area (Å²) in [5, 5.41) is 13.1. The zero-order valence-corrected chi connectivity index (χ0v) is 12.0. The van der Waals surface area contributed by atoms with Crippen LogP contribution in [0.3, 0.4) is 0 Å². The molecule has 2 rings (SSSR count). The van der Waals surface area contributed by atoms with E-state index in [1.807, 2.05) is 18.2 Å². The highest BCUT2D eigenvalue weighted by Gasteiger charge is 2.12. The van der Waals surface area contributed by atoms with Gasteiger partial charge in [-0.1, -0.05) is 18.2 Å². The standard InChI is InChI=1S/C15H13NO4S/c1-20-12-5-3-2-4-10(12)6-7-13(17)16-11-8-9-21-14(11)15(18)19/h2-9H,1H3,(H,16,17)(H,18,19)/b7-6+. The molecule has 2 N–H and O–H groups in total. The summed E-state index contributed by atoms with van der Waals surface area (Å²) in [6, 6.07) is 8.83. The van der Waals surface area contributed by atoms with Gasteiger partial charge in [-0.25, -0.2) is 4.79 Å². The number of para-hydroxylation sites is 1. The summed E-state index contributed by atoms with van der Waals surface area (Å²) in [6.45, 7) is 0. The normalized spacial score (nSPS) is 10.5. The summed E-state index contributed by atoms with van der Waals surface area (Å²) in [7, 11) is 1.55. The zero-order valence-electron chi connectivity index (χ0n) is 11.2. The van der Waals surface area contributed by atoms with Crippen molar-refractivity contribution in [3.63, 3.8) is 0 Å². The second kappa shape index (κ2) is 6.71. The van der Waals surface area contributed by atoms with Crippen LogP contribution in [-0.4, -0.2) is 24.1 Å². The zero-order chi connectivity index (χ0) is 15.2. The summed E-state index contributed by atoms with van der Waals surface area (Å²) in [4.78, 5) is 22.9. The van der Waals surface area contributed by atoms with E-state index in [0.29, 0.717) is 11.4 Å². The number of anilines is 1. The quantitative estimate of drug-likeness (QED) is 0.832. The molecule has 0 fully saturated rings. The highest BCUT2D eigenvalue weighted by Crippen LogP contribution is 2.22.